The second-order valence-corrected chi connectivity index (χ2v) is 8.05. The molecule has 2 atom stereocenters. The summed E-state index contributed by atoms with van der Waals surface area (Å²) in [5.74, 6) is -1.59. The van der Waals surface area contributed by atoms with Gasteiger partial charge in [0.05, 0.1) is 23.0 Å². The van der Waals surface area contributed by atoms with Crippen LogP contribution in [0.15, 0.2) is 0 Å². The van der Waals surface area contributed by atoms with Gasteiger partial charge in [-0.25, -0.2) is 8.42 Å². The van der Waals surface area contributed by atoms with E-state index < -0.39 is 33.2 Å². The van der Waals surface area contributed by atoms with Crippen molar-refractivity contribution in [1.29, 1.82) is 0 Å². The minimum absolute atomic E-state index is 0.186. The predicted octanol–water partition coefficient (Wildman–Crippen LogP) is 0.673. The van der Waals surface area contributed by atoms with Gasteiger partial charge in [0.1, 0.15) is 0 Å². The molecule has 2 fully saturated rings. The molecule has 6 heteroatoms. The topological polar surface area (TPSA) is 91.7 Å². The van der Waals surface area contributed by atoms with Crippen molar-refractivity contribution >= 4 is 15.8 Å². The first-order valence-electron chi connectivity index (χ1n) is 6.39. The summed E-state index contributed by atoms with van der Waals surface area (Å²) in [7, 11) is -3.29. The van der Waals surface area contributed by atoms with Gasteiger partial charge in [-0.3, -0.25) is 4.79 Å². The molecule has 1 heterocycles. The molecule has 0 amide bonds. The molecule has 2 N–H and O–H groups in total. The van der Waals surface area contributed by atoms with Crippen LogP contribution in [-0.2, 0) is 14.6 Å². The number of hydrogen-bond acceptors (Lipinski definition) is 4. The summed E-state index contributed by atoms with van der Waals surface area (Å²) in [6.07, 6.45) is 1.49. The van der Waals surface area contributed by atoms with Gasteiger partial charge in [-0.1, -0.05) is 6.92 Å². The van der Waals surface area contributed by atoms with Crippen LogP contribution in [0.1, 0.15) is 32.6 Å². The Hall–Kier alpha value is -0.620. The molecule has 104 valence electrons. The largest absolute Gasteiger partial charge is 0.481 e. The molecule has 0 aromatic heterocycles. The highest BCUT2D eigenvalue weighted by Crippen LogP contribution is 2.48. The lowest BCUT2D eigenvalue weighted by Crippen LogP contribution is -2.46. The summed E-state index contributed by atoms with van der Waals surface area (Å²) in [5.41, 5.74) is -1.05. The number of hydrogen-bond donors (Lipinski definition) is 2. The van der Waals surface area contributed by atoms with Crippen LogP contribution in [0.25, 0.3) is 0 Å². The van der Waals surface area contributed by atoms with E-state index in [9.17, 15) is 23.4 Å². The summed E-state index contributed by atoms with van der Waals surface area (Å²) >= 11 is 0. The van der Waals surface area contributed by atoms with Crippen LogP contribution < -0.4 is 0 Å². The van der Waals surface area contributed by atoms with Crippen molar-refractivity contribution in [3.8, 4) is 0 Å². The molecule has 5 nitrogen and oxygen atoms in total. The van der Waals surface area contributed by atoms with Crippen LogP contribution in [0.4, 0.5) is 0 Å². The molecule has 2 rings (SSSR count). The highest BCUT2D eigenvalue weighted by atomic mass is 32.2. The monoisotopic (exact) mass is 276 g/mol. The average molecular weight is 276 g/mol. The summed E-state index contributed by atoms with van der Waals surface area (Å²) in [5, 5.41) is 19.4. The van der Waals surface area contributed by atoms with Crippen molar-refractivity contribution in [2.45, 2.75) is 38.7 Å². The minimum atomic E-state index is -3.29. The maximum atomic E-state index is 11.6. The Morgan fingerprint density at radius 2 is 1.78 bits per heavy atom. The zero-order chi connectivity index (χ0) is 13.6. The van der Waals surface area contributed by atoms with Gasteiger partial charge in [0.15, 0.2) is 9.84 Å². The lowest BCUT2D eigenvalue weighted by atomic mass is 9.63. The molecule has 0 aromatic carbocycles. The standard InChI is InChI=1S/C12H20O5S/c1-8-2-4-12(5-3-8,11(14)15)9-6-18(16,17)7-10(9)13/h8-10,13H,2-7H2,1H3,(H,14,15). The normalized spacial score (nSPS) is 43.8. The van der Waals surface area contributed by atoms with E-state index in [-0.39, 0.29) is 11.5 Å². The number of carbonyl (C=O) groups is 1. The molecule has 0 bridgehead atoms. The zero-order valence-electron chi connectivity index (χ0n) is 10.5. The Kier molecular flexibility index (Phi) is 3.44. The van der Waals surface area contributed by atoms with E-state index >= 15 is 0 Å². The van der Waals surface area contributed by atoms with E-state index in [0.717, 1.165) is 12.8 Å². The summed E-state index contributed by atoms with van der Waals surface area (Å²) < 4.78 is 23.1. The minimum Gasteiger partial charge on any atom is -0.481 e. The van der Waals surface area contributed by atoms with Crippen LogP contribution in [0.5, 0.6) is 0 Å². The SMILES string of the molecule is CC1CCC(C(=O)O)(C2CS(=O)(=O)CC2O)CC1. The van der Waals surface area contributed by atoms with Crippen LogP contribution >= 0.6 is 0 Å². The van der Waals surface area contributed by atoms with E-state index in [1.807, 2.05) is 0 Å². The Balaban J connectivity index is 2.29. The molecule has 1 saturated heterocycles. The quantitative estimate of drug-likeness (QED) is 0.773. The molecular weight excluding hydrogens is 256 g/mol. The Bertz CT molecular complexity index is 433. The lowest BCUT2D eigenvalue weighted by molar-refractivity contribution is -0.158. The van der Waals surface area contributed by atoms with Gasteiger partial charge < -0.3 is 10.2 Å². The summed E-state index contributed by atoms with van der Waals surface area (Å²) in [6, 6.07) is 0. The number of sulfone groups is 1. The fraction of sp³-hybridized carbons (Fsp3) is 0.917. The van der Waals surface area contributed by atoms with E-state index in [2.05, 4.69) is 6.92 Å². The van der Waals surface area contributed by atoms with Crippen LogP contribution in [0, 0.1) is 17.3 Å². The smallest absolute Gasteiger partial charge is 0.310 e. The zero-order valence-corrected chi connectivity index (χ0v) is 11.3. The third-order valence-corrected chi connectivity index (χ3v) is 6.34. The predicted molar refractivity (Wildman–Crippen MR) is 65.9 cm³/mol. The van der Waals surface area contributed by atoms with Crippen molar-refractivity contribution in [1.82, 2.24) is 0 Å². The van der Waals surface area contributed by atoms with Gasteiger partial charge in [0.2, 0.25) is 0 Å². The molecule has 1 aliphatic carbocycles. The van der Waals surface area contributed by atoms with Crippen molar-refractivity contribution in [2.75, 3.05) is 11.5 Å². The number of aliphatic hydroxyl groups is 1. The van der Waals surface area contributed by atoms with Crippen molar-refractivity contribution in [3.63, 3.8) is 0 Å². The Morgan fingerprint density at radius 3 is 2.17 bits per heavy atom. The van der Waals surface area contributed by atoms with Gasteiger partial charge in [-0.15, -0.1) is 0 Å². The maximum absolute atomic E-state index is 11.6. The number of carboxylic acids is 1. The first-order chi connectivity index (χ1) is 8.27. The van der Waals surface area contributed by atoms with Crippen LogP contribution in [-0.4, -0.2) is 42.2 Å². The molecule has 1 saturated carbocycles. The molecule has 0 radical (unpaired) electrons. The van der Waals surface area contributed by atoms with Crippen molar-refractivity contribution in [3.05, 3.63) is 0 Å². The number of carboxylic acid groups (broad SMARTS) is 1. The average Bonchev–Trinajstić information content (AvgIpc) is 2.53. The van der Waals surface area contributed by atoms with E-state index in [1.54, 1.807) is 0 Å². The lowest BCUT2D eigenvalue weighted by Gasteiger charge is -2.41. The molecular formula is C12H20O5S. The Morgan fingerprint density at radius 1 is 1.22 bits per heavy atom. The number of aliphatic hydroxyl groups excluding tert-OH is 1. The summed E-state index contributed by atoms with van der Waals surface area (Å²) in [6.45, 7) is 2.08. The van der Waals surface area contributed by atoms with Crippen LogP contribution in [0.2, 0.25) is 0 Å². The highest BCUT2D eigenvalue weighted by Gasteiger charge is 2.54. The third kappa shape index (κ3) is 2.28. The Labute approximate surface area is 107 Å². The second kappa shape index (κ2) is 4.49. The van der Waals surface area contributed by atoms with Gasteiger partial charge in [-0.2, -0.15) is 0 Å². The fourth-order valence-corrected chi connectivity index (χ4v) is 5.35. The second-order valence-electron chi connectivity index (χ2n) is 5.89. The highest BCUT2D eigenvalue weighted by molar-refractivity contribution is 7.91. The number of aliphatic carboxylic acids is 1. The molecule has 0 spiro atoms. The van der Waals surface area contributed by atoms with Gasteiger partial charge in [0, 0.05) is 5.92 Å². The number of rotatable bonds is 2. The third-order valence-electron chi connectivity index (χ3n) is 4.62. The summed E-state index contributed by atoms with van der Waals surface area (Å²) in [4.78, 5) is 11.6. The molecule has 2 aliphatic rings. The van der Waals surface area contributed by atoms with Crippen molar-refractivity contribution in [2.24, 2.45) is 17.3 Å². The van der Waals surface area contributed by atoms with Crippen LogP contribution in [0.3, 0.4) is 0 Å². The first-order valence-corrected chi connectivity index (χ1v) is 8.21. The molecule has 2 unspecified atom stereocenters. The van der Waals surface area contributed by atoms with Gasteiger partial charge in [0.25, 0.3) is 0 Å². The van der Waals surface area contributed by atoms with Gasteiger partial charge in [-0.05, 0) is 31.6 Å². The first kappa shape index (κ1) is 13.8. The fourth-order valence-electron chi connectivity index (χ4n) is 3.38. The molecule has 0 aromatic rings. The maximum Gasteiger partial charge on any atom is 0.310 e. The van der Waals surface area contributed by atoms with Crippen molar-refractivity contribution < 1.29 is 23.4 Å². The molecule has 1 aliphatic heterocycles. The van der Waals surface area contributed by atoms with E-state index in [0.29, 0.717) is 18.8 Å². The van der Waals surface area contributed by atoms with Gasteiger partial charge >= 0.3 is 5.97 Å². The molecule has 18 heavy (non-hydrogen) atoms. The van der Waals surface area contributed by atoms with E-state index in [4.69, 9.17) is 0 Å². The van der Waals surface area contributed by atoms with E-state index in [1.165, 1.54) is 0 Å².